The molecule has 1 aliphatic carbocycles. The van der Waals surface area contributed by atoms with Crippen LogP contribution >= 0.6 is 0 Å². The van der Waals surface area contributed by atoms with E-state index < -0.39 is 5.60 Å². The van der Waals surface area contributed by atoms with Crippen molar-refractivity contribution in [3.8, 4) is 0 Å². The maximum absolute atomic E-state index is 9.99. The first kappa shape index (κ1) is 11.4. The van der Waals surface area contributed by atoms with Crippen LogP contribution in [-0.4, -0.2) is 45.9 Å². The molecule has 3 atom stereocenters. The monoisotopic (exact) mass is 213 g/mol. The van der Waals surface area contributed by atoms with Crippen LogP contribution in [0.25, 0.3) is 0 Å². The molecule has 0 amide bonds. The Morgan fingerprint density at radius 2 is 1.93 bits per heavy atom. The van der Waals surface area contributed by atoms with Crippen molar-refractivity contribution in [2.45, 2.75) is 63.2 Å². The predicted molar refractivity (Wildman–Crippen MR) is 59.7 cm³/mol. The molecule has 0 aromatic rings. The summed E-state index contributed by atoms with van der Waals surface area (Å²) in [5.74, 6) is 0. The highest BCUT2D eigenvalue weighted by atomic mass is 16.3. The number of likely N-dealkylation sites (tertiary alicyclic amines) is 1. The minimum absolute atomic E-state index is 0.131. The molecule has 1 heterocycles. The van der Waals surface area contributed by atoms with Crippen molar-refractivity contribution in [2.24, 2.45) is 0 Å². The predicted octanol–water partition coefficient (Wildman–Crippen LogP) is 1.14. The maximum atomic E-state index is 9.99. The van der Waals surface area contributed by atoms with E-state index in [1.807, 2.05) is 6.92 Å². The summed E-state index contributed by atoms with van der Waals surface area (Å²) in [6.45, 7) is 3.91. The van der Waals surface area contributed by atoms with Crippen molar-refractivity contribution in [1.82, 2.24) is 4.90 Å². The molecule has 0 radical (unpaired) electrons. The molecule has 2 rings (SSSR count). The third-order valence-electron chi connectivity index (χ3n) is 4.01. The van der Waals surface area contributed by atoms with E-state index >= 15 is 0 Å². The fraction of sp³-hybridized carbons (Fsp3) is 1.00. The van der Waals surface area contributed by atoms with Crippen molar-refractivity contribution in [2.75, 3.05) is 13.1 Å². The van der Waals surface area contributed by atoms with Crippen LogP contribution < -0.4 is 0 Å². The summed E-state index contributed by atoms with van der Waals surface area (Å²) in [6.07, 6.45) is 5.89. The third kappa shape index (κ3) is 2.71. The minimum atomic E-state index is -0.488. The highest BCUT2D eigenvalue weighted by molar-refractivity contribution is 4.88. The lowest BCUT2D eigenvalue weighted by Gasteiger charge is -2.30. The molecule has 0 aromatic carbocycles. The molecule has 0 bridgehead atoms. The van der Waals surface area contributed by atoms with Crippen molar-refractivity contribution < 1.29 is 10.2 Å². The van der Waals surface area contributed by atoms with Crippen LogP contribution in [0.2, 0.25) is 0 Å². The van der Waals surface area contributed by atoms with Gasteiger partial charge < -0.3 is 10.2 Å². The summed E-state index contributed by atoms with van der Waals surface area (Å²) >= 11 is 0. The largest absolute Gasteiger partial charge is 0.391 e. The van der Waals surface area contributed by atoms with E-state index in [0.29, 0.717) is 6.04 Å². The fourth-order valence-corrected chi connectivity index (χ4v) is 2.96. The van der Waals surface area contributed by atoms with E-state index in [0.717, 1.165) is 51.6 Å². The van der Waals surface area contributed by atoms with Crippen molar-refractivity contribution in [3.63, 3.8) is 0 Å². The molecule has 3 heteroatoms. The van der Waals surface area contributed by atoms with Gasteiger partial charge in [-0.05, 0) is 52.0 Å². The normalized spacial score (nSPS) is 44.2. The molecule has 2 fully saturated rings. The van der Waals surface area contributed by atoms with E-state index in [-0.39, 0.29) is 6.10 Å². The van der Waals surface area contributed by atoms with E-state index in [2.05, 4.69) is 4.90 Å². The van der Waals surface area contributed by atoms with Gasteiger partial charge in [0.1, 0.15) is 0 Å². The number of nitrogens with zero attached hydrogens (tertiary/aromatic N) is 1. The zero-order chi connectivity index (χ0) is 10.9. The van der Waals surface area contributed by atoms with Crippen LogP contribution in [-0.2, 0) is 0 Å². The lowest BCUT2D eigenvalue weighted by atomic mass is 9.98. The average molecular weight is 213 g/mol. The Kier molecular flexibility index (Phi) is 3.33. The third-order valence-corrected chi connectivity index (χ3v) is 4.01. The Bertz CT molecular complexity index is 218. The molecule has 1 aliphatic heterocycles. The molecular weight excluding hydrogens is 190 g/mol. The molecular formula is C12H23NO2. The smallest absolute Gasteiger partial charge is 0.0695 e. The van der Waals surface area contributed by atoms with Gasteiger partial charge in [0.25, 0.3) is 0 Å². The SMILES string of the molecule is CC1(O)CCCN([C@@H]2CCC[C@H]2O)CC1. The van der Waals surface area contributed by atoms with Gasteiger partial charge in [0.15, 0.2) is 0 Å². The maximum Gasteiger partial charge on any atom is 0.0695 e. The van der Waals surface area contributed by atoms with Crippen molar-refractivity contribution in [3.05, 3.63) is 0 Å². The van der Waals surface area contributed by atoms with E-state index in [1.165, 1.54) is 0 Å². The van der Waals surface area contributed by atoms with Crippen LogP contribution in [0.15, 0.2) is 0 Å². The first-order chi connectivity index (χ1) is 7.08. The molecule has 0 aromatic heterocycles. The van der Waals surface area contributed by atoms with Gasteiger partial charge in [0.05, 0.1) is 11.7 Å². The summed E-state index contributed by atoms with van der Waals surface area (Å²) in [7, 11) is 0. The van der Waals surface area contributed by atoms with Gasteiger partial charge in [-0.2, -0.15) is 0 Å². The standard InChI is InChI=1S/C12H23NO2/c1-12(15)6-3-8-13(9-7-12)10-4-2-5-11(10)14/h10-11,14-15H,2-9H2,1H3/t10-,11-,12?/m1/s1. The van der Waals surface area contributed by atoms with E-state index in [1.54, 1.807) is 0 Å². The fourth-order valence-electron chi connectivity index (χ4n) is 2.96. The Labute approximate surface area is 92.1 Å². The van der Waals surface area contributed by atoms with Crippen molar-refractivity contribution in [1.29, 1.82) is 0 Å². The zero-order valence-corrected chi connectivity index (χ0v) is 9.65. The van der Waals surface area contributed by atoms with E-state index in [9.17, 15) is 10.2 Å². The molecule has 1 saturated heterocycles. The highest BCUT2D eigenvalue weighted by Gasteiger charge is 2.33. The number of aliphatic hydroxyl groups is 2. The second kappa shape index (κ2) is 4.40. The molecule has 2 aliphatic rings. The zero-order valence-electron chi connectivity index (χ0n) is 9.65. The second-order valence-corrected chi connectivity index (χ2v) is 5.45. The van der Waals surface area contributed by atoms with E-state index in [4.69, 9.17) is 0 Å². The highest BCUT2D eigenvalue weighted by Crippen LogP contribution is 2.28. The van der Waals surface area contributed by atoms with Gasteiger partial charge in [0, 0.05) is 12.6 Å². The van der Waals surface area contributed by atoms with Crippen LogP contribution in [0, 0.1) is 0 Å². The van der Waals surface area contributed by atoms with Gasteiger partial charge in [-0.3, -0.25) is 4.90 Å². The van der Waals surface area contributed by atoms with Gasteiger partial charge in [-0.1, -0.05) is 0 Å². The summed E-state index contributed by atoms with van der Waals surface area (Å²) < 4.78 is 0. The molecule has 1 saturated carbocycles. The quantitative estimate of drug-likeness (QED) is 0.686. The molecule has 15 heavy (non-hydrogen) atoms. The van der Waals surface area contributed by atoms with Gasteiger partial charge in [-0.15, -0.1) is 0 Å². The molecule has 0 spiro atoms. The van der Waals surface area contributed by atoms with Crippen LogP contribution in [0.3, 0.4) is 0 Å². The average Bonchev–Trinajstić information content (AvgIpc) is 2.49. The number of rotatable bonds is 1. The van der Waals surface area contributed by atoms with Gasteiger partial charge in [0.2, 0.25) is 0 Å². The van der Waals surface area contributed by atoms with Gasteiger partial charge in [-0.25, -0.2) is 0 Å². The molecule has 2 N–H and O–H groups in total. The number of hydrogen-bond donors (Lipinski definition) is 2. The van der Waals surface area contributed by atoms with Crippen LogP contribution in [0.1, 0.15) is 45.4 Å². The van der Waals surface area contributed by atoms with Gasteiger partial charge >= 0.3 is 0 Å². The van der Waals surface area contributed by atoms with Crippen LogP contribution in [0.4, 0.5) is 0 Å². The Morgan fingerprint density at radius 1 is 1.13 bits per heavy atom. The number of aliphatic hydroxyl groups excluding tert-OH is 1. The summed E-state index contributed by atoms with van der Waals surface area (Å²) in [5.41, 5.74) is -0.488. The number of hydrogen-bond acceptors (Lipinski definition) is 3. The molecule has 88 valence electrons. The summed E-state index contributed by atoms with van der Waals surface area (Å²) in [6, 6.07) is 0.360. The molecule has 1 unspecified atom stereocenters. The summed E-state index contributed by atoms with van der Waals surface area (Å²) in [4.78, 5) is 2.39. The second-order valence-electron chi connectivity index (χ2n) is 5.45. The first-order valence-corrected chi connectivity index (χ1v) is 6.23. The Hall–Kier alpha value is -0.120. The van der Waals surface area contributed by atoms with Crippen LogP contribution in [0.5, 0.6) is 0 Å². The van der Waals surface area contributed by atoms with Crippen molar-refractivity contribution >= 4 is 0 Å². The lowest BCUT2D eigenvalue weighted by Crippen LogP contribution is -2.41. The Morgan fingerprint density at radius 3 is 2.60 bits per heavy atom. The first-order valence-electron chi connectivity index (χ1n) is 6.23. The summed E-state index contributed by atoms with van der Waals surface area (Å²) in [5, 5.41) is 19.9. The Balaban J connectivity index is 1.93. The minimum Gasteiger partial charge on any atom is -0.391 e. The topological polar surface area (TPSA) is 43.7 Å². The molecule has 3 nitrogen and oxygen atoms in total. The lowest BCUT2D eigenvalue weighted by molar-refractivity contribution is 0.0356.